The fourth-order valence-electron chi connectivity index (χ4n) is 3.81. The van der Waals surface area contributed by atoms with Crippen LogP contribution in [-0.2, 0) is 22.6 Å². The SMILES string of the molecule is CN(C)c1nccnc1OC1CCCN(C(=O)C2Cc3ccccc3CO2)C1. The molecule has 2 aliphatic heterocycles. The van der Waals surface area contributed by atoms with Gasteiger partial charge in [-0.1, -0.05) is 24.3 Å². The summed E-state index contributed by atoms with van der Waals surface area (Å²) in [6, 6.07) is 8.16. The van der Waals surface area contributed by atoms with Gasteiger partial charge in [-0.25, -0.2) is 9.97 Å². The number of carbonyl (C=O) groups excluding carboxylic acids is 1. The molecule has 7 nitrogen and oxygen atoms in total. The van der Waals surface area contributed by atoms with E-state index in [4.69, 9.17) is 9.47 Å². The molecule has 2 atom stereocenters. The summed E-state index contributed by atoms with van der Waals surface area (Å²) in [5, 5.41) is 0. The van der Waals surface area contributed by atoms with Crippen molar-refractivity contribution in [1.29, 1.82) is 0 Å². The highest BCUT2D eigenvalue weighted by Crippen LogP contribution is 2.26. The van der Waals surface area contributed by atoms with Crippen LogP contribution in [-0.4, -0.2) is 60.2 Å². The van der Waals surface area contributed by atoms with E-state index in [1.165, 1.54) is 11.1 Å². The molecule has 0 radical (unpaired) electrons. The zero-order valence-electron chi connectivity index (χ0n) is 16.4. The van der Waals surface area contributed by atoms with E-state index in [-0.39, 0.29) is 12.0 Å². The van der Waals surface area contributed by atoms with Crippen LogP contribution < -0.4 is 9.64 Å². The Morgan fingerprint density at radius 3 is 2.82 bits per heavy atom. The molecule has 2 aromatic rings. The van der Waals surface area contributed by atoms with Crippen LogP contribution >= 0.6 is 0 Å². The summed E-state index contributed by atoms with van der Waals surface area (Å²) in [5.74, 6) is 1.25. The minimum Gasteiger partial charge on any atom is -0.470 e. The smallest absolute Gasteiger partial charge is 0.257 e. The van der Waals surface area contributed by atoms with Crippen molar-refractivity contribution in [3.8, 4) is 5.88 Å². The Labute approximate surface area is 165 Å². The first-order valence-corrected chi connectivity index (χ1v) is 9.74. The number of aromatic nitrogens is 2. The van der Waals surface area contributed by atoms with Gasteiger partial charge in [0.1, 0.15) is 12.2 Å². The molecule has 0 spiro atoms. The van der Waals surface area contributed by atoms with Crippen LogP contribution in [0.25, 0.3) is 0 Å². The molecule has 0 saturated carbocycles. The van der Waals surface area contributed by atoms with Crippen LogP contribution in [0.15, 0.2) is 36.7 Å². The number of nitrogens with zero attached hydrogens (tertiary/aromatic N) is 4. The molecule has 1 aromatic carbocycles. The molecule has 0 aliphatic carbocycles. The Morgan fingerprint density at radius 1 is 1.21 bits per heavy atom. The number of carbonyl (C=O) groups is 1. The van der Waals surface area contributed by atoms with Crippen LogP contribution in [0.1, 0.15) is 24.0 Å². The summed E-state index contributed by atoms with van der Waals surface area (Å²) in [5.41, 5.74) is 2.37. The Morgan fingerprint density at radius 2 is 2.00 bits per heavy atom. The van der Waals surface area contributed by atoms with Crippen LogP contribution in [0.2, 0.25) is 0 Å². The van der Waals surface area contributed by atoms with Gasteiger partial charge < -0.3 is 19.3 Å². The van der Waals surface area contributed by atoms with E-state index in [1.807, 2.05) is 36.0 Å². The van der Waals surface area contributed by atoms with Crippen molar-refractivity contribution in [2.75, 3.05) is 32.1 Å². The van der Waals surface area contributed by atoms with Gasteiger partial charge in [-0.15, -0.1) is 0 Å². The van der Waals surface area contributed by atoms with E-state index in [0.717, 1.165) is 19.4 Å². The summed E-state index contributed by atoms with van der Waals surface area (Å²) < 4.78 is 12.0. The van der Waals surface area contributed by atoms with Crippen molar-refractivity contribution in [2.45, 2.75) is 38.1 Å². The molecule has 1 saturated heterocycles. The molecule has 0 N–H and O–H groups in total. The minimum atomic E-state index is -0.414. The second-order valence-electron chi connectivity index (χ2n) is 7.52. The zero-order valence-corrected chi connectivity index (χ0v) is 16.4. The molecule has 1 amide bonds. The van der Waals surface area contributed by atoms with Crippen LogP contribution in [0.3, 0.4) is 0 Å². The number of amides is 1. The lowest BCUT2D eigenvalue weighted by Crippen LogP contribution is -2.50. The number of fused-ring (bicyclic) bond motifs is 1. The van der Waals surface area contributed by atoms with Gasteiger partial charge in [-0.2, -0.15) is 0 Å². The highest BCUT2D eigenvalue weighted by atomic mass is 16.5. The molecule has 3 heterocycles. The van der Waals surface area contributed by atoms with Gasteiger partial charge in [-0.3, -0.25) is 4.79 Å². The molecule has 0 bridgehead atoms. The third kappa shape index (κ3) is 3.94. The third-order valence-electron chi connectivity index (χ3n) is 5.28. The molecule has 1 fully saturated rings. The number of rotatable bonds is 4. The predicted octanol–water partition coefficient (Wildman–Crippen LogP) is 2.05. The molecule has 4 rings (SSSR count). The van der Waals surface area contributed by atoms with Crippen molar-refractivity contribution >= 4 is 11.7 Å². The number of hydrogen-bond donors (Lipinski definition) is 0. The van der Waals surface area contributed by atoms with Crippen LogP contribution in [0.4, 0.5) is 5.82 Å². The lowest BCUT2D eigenvalue weighted by atomic mass is 9.98. The Balaban J connectivity index is 1.41. The second kappa shape index (κ2) is 8.14. The number of likely N-dealkylation sites (tertiary alicyclic amines) is 1. The van der Waals surface area contributed by atoms with Crippen molar-refractivity contribution in [3.05, 3.63) is 47.8 Å². The average Bonchev–Trinajstić information content (AvgIpc) is 2.73. The largest absolute Gasteiger partial charge is 0.470 e. The van der Waals surface area contributed by atoms with Crippen molar-refractivity contribution in [3.63, 3.8) is 0 Å². The maximum absolute atomic E-state index is 13.0. The lowest BCUT2D eigenvalue weighted by Gasteiger charge is -2.36. The van der Waals surface area contributed by atoms with E-state index in [1.54, 1.807) is 12.4 Å². The lowest BCUT2D eigenvalue weighted by molar-refractivity contribution is -0.148. The van der Waals surface area contributed by atoms with Crippen molar-refractivity contribution in [2.24, 2.45) is 0 Å². The maximum atomic E-state index is 13.0. The number of ether oxygens (including phenoxy) is 2. The van der Waals surface area contributed by atoms with Gasteiger partial charge in [0.2, 0.25) is 0 Å². The number of benzene rings is 1. The Kier molecular flexibility index (Phi) is 5.43. The predicted molar refractivity (Wildman–Crippen MR) is 105 cm³/mol. The summed E-state index contributed by atoms with van der Waals surface area (Å²) >= 11 is 0. The minimum absolute atomic E-state index is 0.0507. The fourth-order valence-corrected chi connectivity index (χ4v) is 3.81. The molecule has 2 aliphatic rings. The van der Waals surface area contributed by atoms with Crippen LogP contribution in [0, 0.1) is 0 Å². The van der Waals surface area contributed by atoms with E-state index in [9.17, 15) is 4.79 Å². The average molecular weight is 382 g/mol. The Hall–Kier alpha value is -2.67. The molecule has 28 heavy (non-hydrogen) atoms. The molecule has 1 aromatic heterocycles. The van der Waals surface area contributed by atoms with E-state index in [0.29, 0.717) is 31.3 Å². The first-order valence-electron chi connectivity index (χ1n) is 9.74. The topological polar surface area (TPSA) is 67.8 Å². The number of piperidine rings is 1. The Bertz CT molecular complexity index is 842. The van der Waals surface area contributed by atoms with Crippen molar-refractivity contribution in [1.82, 2.24) is 14.9 Å². The summed E-state index contributed by atoms with van der Waals surface area (Å²) in [7, 11) is 3.82. The van der Waals surface area contributed by atoms with Gasteiger partial charge in [0.25, 0.3) is 11.8 Å². The van der Waals surface area contributed by atoms with Crippen molar-refractivity contribution < 1.29 is 14.3 Å². The quantitative estimate of drug-likeness (QED) is 0.806. The third-order valence-corrected chi connectivity index (χ3v) is 5.28. The van der Waals surface area contributed by atoms with Gasteiger partial charge >= 0.3 is 0 Å². The first-order chi connectivity index (χ1) is 13.6. The summed E-state index contributed by atoms with van der Waals surface area (Å²) in [6.07, 6.45) is 5.19. The number of anilines is 1. The monoisotopic (exact) mass is 382 g/mol. The molecule has 7 heteroatoms. The molecule has 2 unspecified atom stereocenters. The standard InChI is InChI=1S/C21H26N4O3/c1-24(2)19-20(23-10-9-22-19)28-17-8-5-11-25(13-17)21(26)18-12-15-6-3-4-7-16(15)14-27-18/h3-4,6-7,9-10,17-18H,5,8,11-14H2,1-2H3. The van der Waals surface area contributed by atoms with E-state index < -0.39 is 6.10 Å². The molecular weight excluding hydrogens is 356 g/mol. The zero-order chi connectivity index (χ0) is 19.5. The molecule has 148 valence electrons. The summed E-state index contributed by atoms with van der Waals surface area (Å²) in [4.78, 5) is 25.4. The second-order valence-corrected chi connectivity index (χ2v) is 7.52. The number of hydrogen-bond acceptors (Lipinski definition) is 6. The normalized spacial score (nSPS) is 21.7. The van der Waals surface area contributed by atoms with Gasteiger partial charge in [-0.05, 0) is 24.0 Å². The fraction of sp³-hybridized carbons (Fsp3) is 0.476. The highest BCUT2D eigenvalue weighted by Gasteiger charge is 2.33. The van der Waals surface area contributed by atoms with E-state index >= 15 is 0 Å². The highest BCUT2D eigenvalue weighted by molar-refractivity contribution is 5.81. The van der Waals surface area contributed by atoms with Gasteiger partial charge in [0.15, 0.2) is 5.82 Å². The van der Waals surface area contributed by atoms with E-state index in [2.05, 4.69) is 22.1 Å². The van der Waals surface area contributed by atoms with Gasteiger partial charge in [0.05, 0.1) is 13.2 Å². The maximum Gasteiger partial charge on any atom is 0.257 e. The van der Waals surface area contributed by atoms with Gasteiger partial charge in [0, 0.05) is 39.5 Å². The summed E-state index contributed by atoms with van der Waals surface area (Å²) in [6.45, 7) is 1.77. The molecular formula is C21H26N4O3. The first kappa shape index (κ1) is 18.7. The van der Waals surface area contributed by atoms with Crippen LogP contribution in [0.5, 0.6) is 5.88 Å².